The van der Waals surface area contributed by atoms with Crippen molar-refractivity contribution in [2.45, 2.75) is 13.0 Å². The summed E-state index contributed by atoms with van der Waals surface area (Å²) in [5, 5.41) is 1.28. The Labute approximate surface area is 78.6 Å². The second-order valence-electron chi connectivity index (χ2n) is 2.78. The summed E-state index contributed by atoms with van der Waals surface area (Å²) in [5.41, 5.74) is 0.686. The molecule has 1 aliphatic heterocycles. The molecule has 2 nitrogen and oxygen atoms in total. The number of carbonyl (C=O) groups excluding carboxylic acids is 1. The highest BCUT2D eigenvalue weighted by atomic mass is 32.1. The Balaban J connectivity index is 2.39. The van der Waals surface area contributed by atoms with Crippen molar-refractivity contribution in [3.63, 3.8) is 0 Å². The predicted molar refractivity (Wildman–Crippen MR) is 47.8 cm³/mol. The van der Waals surface area contributed by atoms with Crippen molar-refractivity contribution in [1.82, 2.24) is 0 Å². The lowest BCUT2D eigenvalue weighted by Gasteiger charge is -1.99. The summed E-state index contributed by atoms with van der Waals surface area (Å²) in [6, 6.07) is 1.59. The first-order valence-corrected chi connectivity index (χ1v) is 4.71. The first kappa shape index (κ1) is 8.44. The molecule has 0 aliphatic carbocycles. The molecule has 13 heavy (non-hydrogen) atoms. The second-order valence-corrected chi connectivity index (χ2v) is 3.65. The molecule has 0 bridgehead atoms. The van der Waals surface area contributed by atoms with Crippen LogP contribution in [0.25, 0.3) is 5.57 Å². The molecule has 0 saturated carbocycles. The Kier molecular flexibility index (Phi) is 1.92. The fraction of sp³-hybridized carbons (Fsp3) is 0.222. The molecule has 0 fully saturated rings. The van der Waals surface area contributed by atoms with Gasteiger partial charge in [-0.3, -0.25) is 4.79 Å². The van der Waals surface area contributed by atoms with E-state index in [-0.39, 0.29) is 10.9 Å². The van der Waals surface area contributed by atoms with Gasteiger partial charge in [0.1, 0.15) is 0 Å². The zero-order chi connectivity index (χ0) is 9.42. The van der Waals surface area contributed by atoms with Crippen LogP contribution in [0.3, 0.4) is 0 Å². The number of carbonyl (C=O) groups is 1. The molecular weight excluding hydrogens is 191 g/mol. The van der Waals surface area contributed by atoms with Crippen molar-refractivity contribution in [2.75, 3.05) is 0 Å². The zero-order valence-corrected chi connectivity index (χ0v) is 7.73. The molecule has 0 radical (unpaired) electrons. The van der Waals surface area contributed by atoms with Gasteiger partial charge in [0.15, 0.2) is 11.2 Å². The Morgan fingerprint density at radius 1 is 1.62 bits per heavy atom. The van der Waals surface area contributed by atoms with Crippen molar-refractivity contribution >= 4 is 22.7 Å². The molecule has 0 spiro atoms. The van der Waals surface area contributed by atoms with Gasteiger partial charge < -0.3 is 4.74 Å². The quantitative estimate of drug-likeness (QED) is 0.691. The van der Waals surface area contributed by atoms with Crippen LogP contribution in [0.2, 0.25) is 0 Å². The van der Waals surface area contributed by atoms with Gasteiger partial charge >= 0.3 is 0 Å². The van der Waals surface area contributed by atoms with E-state index in [1.165, 1.54) is 6.26 Å². The summed E-state index contributed by atoms with van der Waals surface area (Å²) in [7, 11) is 0. The molecule has 68 valence electrons. The van der Waals surface area contributed by atoms with E-state index in [1.807, 2.05) is 0 Å². The van der Waals surface area contributed by atoms with E-state index in [0.717, 1.165) is 11.3 Å². The first-order valence-electron chi connectivity index (χ1n) is 3.83. The molecule has 2 heterocycles. The van der Waals surface area contributed by atoms with E-state index in [0.29, 0.717) is 11.1 Å². The minimum Gasteiger partial charge on any atom is -0.489 e. The molecule has 0 aromatic carbocycles. The van der Waals surface area contributed by atoms with Crippen LogP contribution < -0.4 is 0 Å². The number of hydrogen-bond donors (Lipinski definition) is 0. The van der Waals surface area contributed by atoms with Crippen molar-refractivity contribution in [3.8, 4) is 0 Å². The highest BCUT2D eigenvalue weighted by Gasteiger charge is 2.28. The summed E-state index contributed by atoms with van der Waals surface area (Å²) < 4.78 is 18.1. The van der Waals surface area contributed by atoms with Crippen molar-refractivity contribution in [3.05, 3.63) is 28.4 Å². The van der Waals surface area contributed by atoms with Crippen LogP contribution in [0.4, 0.5) is 4.39 Å². The monoisotopic (exact) mass is 198 g/mol. The van der Waals surface area contributed by atoms with E-state index >= 15 is 0 Å². The molecule has 0 amide bonds. The third-order valence-electron chi connectivity index (χ3n) is 1.93. The van der Waals surface area contributed by atoms with Crippen LogP contribution >= 0.6 is 11.3 Å². The van der Waals surface area contributed by atoms with Crippen LogP contribution in [0, 0.1) is 5.13 Å². The minimum atomic E-state index is -0.478. The third kappa shape index (κ3) is 1.27. The van der Waals surface area contributed by atoms with Crippen molar-refractivity contribution in [2.24, 2.45) is 0 Å². The van der Waals surface area contributed by atoms with E-state index in [2.05, 4.69) is 0 Å². The highest BCUT2D eigenvalue weighted by molar-refractivity contribution is 7.08. The van der Waals surface area contributed by atoms with Gasteiger partial charge in [-0.05, 0) is 18.4 Å². The molecule has 1 unspecified atom stereocenters. The van der Waals surface area contributed by atoms with E-state index in [9.17, 15) is 9.18 Å². The molecule has 0 saturated heterocycles. The summed E-state index contributed by atoms with van der Waals surface area (Å²) in [6.45, 7) is 1.65. The van der Waals surface area contributed by atoms with Crippen LogP contribution in [0.1, 0.15) is 12.5 Å². The summed E-state index contributed by atoms with van der Waals surface area (Å²) in [4.78, 5) is 11.4. The lowest BCUT2D eigenvalue weighted by Crippen LogP contribution is -2.12. The lowest BCUT2D eigenvalue weighted by atomic mass is 10.1. The SMILES string of the molecule is CC1OC=C(c2ccsc2F)C1=O. The minimum absolute atomic E-state index is 0.155. The number of ether oxygens (including phenoxy) is 1. The molecule has 0 N–H and O–H groups in total. The van der Waals surface area contributed by atoms with E-state index in [4.69, 9.17) is 4.74 Å². The number of thiophene rings is 1. The van der Waals surface area contributed by atoms with Crippen molar-refractivity contribution in [1.29, 1.82) is 0 Å². The fourth-order valence-corrected chi connectivity index (χ4v) is 1.82. The van der Waals surface area contributed by atoms with Gasteiger partial charge in [0.2, 0.25) is 5.78 Å². The summed E-state index contributed by atoms with van der Waals surface area (Å²) >= 11 is 0.979. The molecule has 1 aromatic rings. The van der Waals surface area contributed by atoms with Gasteiger partial charge in [-0.15, -0.1) is 11.3 Å². The second kappa shape index (κ2) is 2.96. The predicted octanol–water partition coefficient (Wildman–Crippen LogP) is 2.22. The summed E-state index contributed by atoms with van der Waals surface area (Å²) in [5.74, 6) is -0.155. The molecule has 1 aliphatic rings. The van der Waals surface area contributed by atoms with Gasteiger partial charge in [-0.2, -0.15) is 4.39 Å². The van der Waals surface area contributed by atoms with Crippen LogP contribution in [-0.2, 0) is 9.53 Å². The maximum Gasteiger partial charge on any atom is 0.206 e. The Bertz CT molecular complexity index is 381. The Hall–Kier alpha value is -1.16. The van der Waals surface area contributed by atoms with Crippen molar-refractivity contribution < 1.29 is 13.9 Å². The molecule has 2 rings (SSSR count). The number of rotatable bonds is 1. The molecule has 1 aromatic heterocycles. The summed E-state index contributed by atoms with van der Waals surface area (Å²) in [6.07, 6.45) is 0.854. The Morgan fingerprint density at radius 3 is 2.85 bits per heavy atom. The maximum absolute atomic E-state index is 13.1. The molecule has 1 atom stereocenters. The lowest BCUT2D eigenvalue weighted by molar-refractivity contribution is -0.118. The van der Waals surface area contributed by atoms with Gasteiger partial charge in [0.25, 0.3) is 0 Å². The number of ketones is 1. The van der Waals surface area contributed by atoms with E-state index < -0.39 is 6.10 Å². The smallest absolute Gasteiger partial charge is 0.206 e. The number of Topliss-reactive ketones (excluding diaryl/α,β-unsaturated/α-hetero) is 1. The third-order valence-corrected chi connectivity index (χ3v) is 2.63. The molecule has 4 heteroatoms. The van der Waals surface area contributed by atoms with Gasteiger partial charge in [-0.1, -0.05) is 0 Å². The average molecular weight is 198 g/mol. The average Bonchev–Trinajstić information content (AvgIpc) is 2.62. The first-order chi connectivity index (χ1) is 6.20. The van der Waals surface area contributed by atoms with Crippen LogP contribution in [0.15, 0.2) is 17.7 Å². The van der Waals surface area contributed by atoms with Gasteiger partial charge in [0.05, 0.1) is 11.8 Å². The number of halogens is 1. The fourth-order valence-electron chi connectivity index (χ4n) is 1.19. The largest absolute Gasteiger partial charge is 0.489 e. The van der Waals surface area contributed by atoms with Crippen LogP contribution in [-0.4, -0.2) is 11.9 Å². The number of hydrogen-bond acceptors (Lipinski definition) is 3. The van der Waals surface area contributed by atoms with Gasteiger partial charge in [-0.25, -0.2) is 0 Å². The zero-order valence-electron chi connectivity index (χ0n) is 6.91. The maximum atomic E-state index is 13.1. The Morgan fingerprint density at radius 2 is 2.38 bits per heavy atom. The van der Waals surface area contributed by atoms with Gasteiger partial charge in [0, 0.05) is 5.56 Å². The standard InChI is InChI=1S/C9H7FO2S/c1-5-8(11)7(4-12-5)6-2-3-13-9(6)10/h2-5H,1H3. The normalized spacial score (nSPS) is 21.5. The molecular formula is C9H7FO2S. The van der Waals surface area contributed by atoms with Crippen LogP contribution in [0.5, 0.6) is 0 Å². The highest BCUT2D eigenvalue weighted by Crippen LogP contribution is 2.28. The van der Waals surface area contributed by atoms with E-state index in [1.54, 1.807) is 18.4 Å². The topological polar surface area (TPSA) is 26.3 Å².